The van der Waals surface area contributed by atoms with E-state index >= 15 is 0 Å². The van der Waals surface area contributed by atoms with Gasteiger partial charge in [0.05, 0.1) is 6.20 Å². The number of halogens is 1. The van der Waals surface area contributed by atoms with Gasteiger partial charge in [-0.05, 0) is 12.5 Å². The van der Waals surface area contributed by atoms with Crippen LogP contribution in [-0.2, 0) is 0 Å². The molecule has 2 aromatic rings. The molecular formula is C10H9ClN2. The molecule has 3 heteroatoms. The van der Waals surface area contributed by atoms with Crippen molar-refractivity contribution < 1.29 is 0 Å². The van der Waals surface area contributed by atoms with Crippen LogP contribution in [0.15, 0.2) is 30.5 Å². The molecule has 0 atom stereocenters. The summed E-state index contributed by atoms with van der Waals surface area (Å²) in [5.74, 6) is 0. The lowest BCUT2D eigenvalue weighted by atomic mass is 10.1. The highest BCUT2D eigenvalue weighted by molar-refractivity contribution is 6.32. The zero-order valence-electron chi connectivity index (χ0n) is 7.21. The van der Waals surface area contributed by atoms with Crippen molar-refractivity contribution in [3.05, 3.63) is 41.2 Å². The van der Waals surface area contributed by atoms with Crippen LogP contribution in [0.3, 0.4) is 0 Å². The Morgan fingerprint density at radius 1 is 1.38 bits per heavy atom. The van der Waals surface area contributed by atoms with Gasteiger partial charge in [0.1, 0.15) is 5.15 Å². The molecule has 1 aromatic heterocycles. The Labute approximate surface area is 81.6 Å². The predicted octanol–water partition coefficient (Wildman–Crippen LogP) is 3.04. The number of rotatable bonds is 1. The van der Waals surface area contributed by atoms with Crippen LogP contribution in [0.2, 0.25) is 5.15 Å². The monoisotopic (exact) mass is 192 g/mol. The van der Waals surface area contributed by atoms with Crippen molar-refractivity contribution in [2.45, 2.75) is 6.92 Å². The van der Waals surface area contributed by atoms with Crippen LogP contribution in [0.1, 0.15) is 5.56 Å². The van der Waals surface area contributed by atoms with Gasteiger partial charge in [0, 0.05) is 5.56 Å². The van der Waals surface area contributed by atoms with Crippen molar-refractivity contribution >= 4 is 11.6 Å². The second-order valence-corrected chi connectivity index (χ2v) is 3.35. The Morgan fingerprint density at radius 3 is 2.85 bits per heavy atom. The molecule has 0 fully saturated rings. The van der Waals surface area contributed by atoms with Gasteiger partial charge < -0.3 is 0 Å². The minimum atomic E-state index is 0.589. The van der Waals surface area contributed by atoms with E-state index in [1.807, 2.05) is 12.1 Å². The van der Waals surface area contributed by atoms with Crippen molar-refractivity contribution in [2.24, 2.45) is 0 Å². The summed E-state index contributed by atoms with van der Waals surface area (Å²) in [6.07, 6.45) is 1.73. The number of hydrogen-bond acceptors (Lipinski definition) is 1. The zero-order valence-corrected chi connectivity index (χ0v) is 7.97. The summed E-state index contributed by atoms with van der Waals surface area (Å²) in [6, 6.07) is 8.16. The third-order valence-electron chi connectivity index (χ3n) is 1.92. The molecule has 1 heterocycles. The summed E-state index contributed by atoms with van der Waals surface area (Å²) in [5, 5.41) is 7.16. The maximum atomic E-state index is 5.91. The lowest BCUT2D eigenvalue weighted by Crippen LogP contribution is -1.77. The number of nitrogens with one attached hydrogen (secondary N) is 1. The van der Waals surface area contributed by atoms with Crippen LogP contribution in [0.4, 0.5) is 0 Å². The number of aromatic amines is 1. The molecule has 13 heavy (non-hydrogen) atoms. The molecule has 0 radical (unpaired) electrons. The van der Waals surface area contributed by atoms with Crippen molar-refractivity contribution in [3.63, 3.8) is 0 Å². The Balaban J connectivity index is 2.53. The van der Waals surface area contributed by atoms with E-state index in [2.05, 4.69) is 29.3 Å². The number of H-pyrrole nitrogens is 1. The maximum Gasteiger partial charge on any atom is 0.132 e. The zero-order chi connectivity index (χ0) is 9.26. The molecule has 0 amide bonds. The molecule has 2 nitrogen and oxygen atoms in total. The van der Waals surface area contributed by atoms with Gasteiger partial charge in [-0.3, -0.25) is 5.10 Å². The first kappa shape index (κ1) is 8.32. The molecule has 2 rings (SSSR count). The van der Waals surface area contributed by atoms with Gasteiger partial charge in [0.25, 0.3) is 0 Å². The molecule has 0 spiro atoms. The average Bonchev–Trinajstić information content (AvgIpc) is 2.51. The van der Waals surface area contributed by atoms with Gasteiger partial charge in [0.15, 0.2) is 0 Å². The largest absolute Gasteiger partial charge is 0.267 e. The summed E-state index contributed by atoms with van der Waals surface area (Å²) >= 11 is 5.91. The highest BCUT2D eigenvalue weighted by atomic mass is 35.5. The first-order valence-electron chi connectivity index (χ1n) is 4.03. The number of hydrogen-bond donors (Lipinski definition) is 1. The van der Waals surface area contributed by atoms with E-state index in [9.17, 15) is 0 Å². The van der Waals surface area contributed by atoms with E-state index in [-0.39, 0.29) is 0 Å². The van der Waals surface area contributed by atoms with Crippen LogP contribution in [-0.4, -0.2) is 10.2 Å². The first-order chi connectivity index (χ1) is 6.27. The molecule has 0 bridgehead atoms. The quantitative estimate of drug-likeness (QED) is 0.739. The third kappa shape index (κ3) is 1.58. The van der Waals surface area contributed by atoms with Crippen LogP contribution >= 0.6 is 11.6 Å². The van der Waals surface area contributed by atoms with E-state index in [0.29, 0.717) is 5.15 Å². The molecule has 0 aliphatic heterocycles. The van der Waals surface area contributed by atoms with Crippen molar-refractivity contribution in [3.8, 4) is 11.1 Å². The SMILES string of the molecule is Cc1cccc(-c2cn[nH]c2Cl)c1. The molecular weight excluding hydrogens is 184 g/mol. The summed E-state index contributed by atoms with van der Waals surface area (Å²) in [6.45, 7) is 2.05. The summed E-state index contributed by atoms with van der Waals surface area (Å²) in [7, 11) is 0. The van der Waals surface area contributed by atoms with Gasteiger partial charge in [-0.1, -0.05) is 41.4 Å². The fraction of sp³-hybridized carbons (Fsp3) is 0.100. The number of aromatic nitrogens is 2. The van der Waals surface area contributed by atoms with E-state index in [0.717, 1.165) is 11.1 Å². The third-order valence-corrected chi connectivity index (χ3v) is 2.21. The van der Waals surface area contributed by atoms with Crippen LogP contribution in [0.5, 0.6) is 0 Å². The van der Waals surface area contributed by atoms with Crippen LogP contribution in [0, 0.1) is 6.92 Å². The highest BCUT2D eigenvalue weighted by Gasteiger charge is 2.04. The molecule has 1 N–H and O–H groups in total. The minimum Gasteiger partial charge on any atom is -0.267 e. The lowest BCUT2D eigenvalue weighted by molar-refractivity contribution is 1.09. The van der Waals surface area contributed by atoms with E-state index in [4.69, 9.17) is 11.6 Å². The molecule has 66 valence electrons. The maximum absolute atomic E-state index is 5.91. The normalized spacial score (nSPS) is 10.3. The van der Waals surface area contributed by atoms with Crippen LogP contribution < -0.4 is 0 Å². The predicted molar refractivity (Wildman–Crippen MR) is 53.8 cm³/mol. The van der Waals surface area contributed by atoms with Gasteiger partial charge >= 0.3 is 0 Å². The van der Waals surface area contributed by atoms with Gasteiger partial charge in [-0.25, -0.2) is 0 Å². The Kier molecular flexibility index (Phi) is 2.07. The summed E-state index contributed by atoms with van der Waals surface area (Å²) in [5.41, 5.74) is 3.26. The number of aryl methyl sites for hydroxylation is 1. The van der Waals surface area contributed by atoms with Gasteiger partial charge in [-0.2, -0.15) is 5.10 Å². The van der Waals surface area contributed by atoms with Crippen molar-refractivity contribution in [1.82, 2.24) is 10.2 Å². The number of benzene rings is 1. The molecule has 0 unspecified atom stereocenters. The fourth-order valence-electron chi connectivity index (χ4n) is 1.28. The average molecular weight is 193 g/mol. The Bertz CT molecular complexity index is 420. The second-order valence-electron chi connectivity index (χ2n) is 2.97. The van der Waals surface area contributed by atoms with Gasteiger partial charge in [-0.15, -0.1) is 0 Å². The van der Waals surface area contributed by atoms with E-state index in [1.54, 1.807) is 6.20 Å². The highest BCUT2D eigenvalue weighted by Crippen LogP contribution is 2.25. The fourth-order valence-corrected chi connectivity index (χ4v) is 1.49. The first-order valence-corrected chi connectivity index (χ1v) is 4.41. The van der Waals surface area contributed by atoms with Crippen LogP contribution in [0.25, 0.3) is 11.1 Å². The molecule has 0 saturated heterocycles. The molecule has 0 aliphatic rings. The van der Waals surface area contributed by atoms with Crippen molar-refractivity contribution in [1.29, 1.82) is 0 Å². The van der Waals surface area contributed by atoms with E-state index < -0.39 is 0 Å². The standard InChI is InChI=1S/C10H9ClN2/c1-7-3-2-4-8(5-7)9-6-12-13-10(9)11/h2-6H,1H3,(H,12,13). The molecule has 0 saturated carbocycles. The smallest absolute Gasteiger partial charge is 0.132 e. The van der Waals surface area contributed by atoms with E-state index in [1.165, 1.54) is 5.56 Å². The number of nitrogens with zero attached hydrogens (tertiary/aromatic N) is 1. The molecule has 1 aromatic carbocycles. The van der Waals surface area contributed by atoms with Gasteiger partial charge in [0.2, 0.25) is 0 Å². The Hall–Kier alpha value is -1.28. The lowest BCUT2D eigenvalue weighted by Gasteiger charge is -1.98. The minimum absolute atomic E-state index is 0.589. The summed E-state index contributed by atoms with van der Waals surface area (Å²) < 4.78 is 0. The Morgan fingerprint density at radius 2 is 2.23 bits per heavy atom. The second kappa shape index (κ2) is 3.23. The summed E-state index contributed by atoms with van der Waals surface area (Å²) in [4.78, 5) is 0. The van der Waals surface area contributed by atoms with Crippen molar-refractivity contribution in [2.75, 3.05) is 0 Å². The topological polar surface area (TPSA) is 28.7 Å². The molecule has 0 aliphatic carbocycles.